The summed E-state index contributed by atoms with van der Waals surface area (Å²) >= 11 is 7.53. The van der Waals surface area contributed by atoms with Crippen LogP contribution in [-0.4, -0.2) is 32.2 Å². The van der Waals surface area contributed by atoms with Crippen LogP contribution in [0.25, 0.3) is 11.4 Å². The van der Waals surface area contributed by atoms with Crippen molar-refractivity contribution in [3.8, 4) is 11.4 Å². The summed E-state index contributed by atoms with van der Waals surface area (Å²) in [5, 5.41) is 12.6. The first-order valence-electron chi connectivity index (χ1n) is 9.23. The number of aromatic nitrogens is 3. The van der Waals surface area contributed by atoms with E-state index in [9.17, 15) is 9.59 Å². The Morgan fingerprint density at radius 1 is 1.23 bits per heavy atom. The van der Waals surface area contributed by atoms with Crippen molar-refractivity contribution >= 4 is 40.7 Å². The van der Waals surface area contributed by atoms with Gasteiger partial charge in [0.25, 0.3) is 0 Å². The topological polar surface area (TPSA) is 76.9 Å². The van der Waals surface area contributed by atoms with Crippen LogP contribution in [-0.2, 0) is 11.3 Å². The zero-order chi connectivity index (χ0) is 21.7. The number of hydrogen-bond donors (Lipinski definition) is 1. The fourth-order valence-corrected chi connectivity index (χ4v) is 3.71. The number of Topliss-reactive ketones (excluding diaryl/α,β-unsaturated/α-hetero) is 1. The summed E-state index contributed by atoms with van der Waals surface area (Å²) in [5.74, 6) is 0.554. The minimum atomic E-state index is -0.200. The molecule has 0 saturated carbocycles. The van der Waals surface area contributed by atoms with Crippen molar-refractivity contribution < 1.29 is 9.59 Å². The number of nitrogens with zero attached hydrogens (tertiary/aromatic N) is 3. The van der Waals surface area contributed by atoms with Crippen LogP contribution < -0.4 is 5.32 Å². The van der Waals surface area contributed by atoms with E-state index < -0.39 is 0 Å². The number of amides is 1. The lowest BCUT2D eigenvalue weighted by Gasteiger charge is -2.09. The van der Waals surface area contributed by atoms with Gasteiger partial charge in [0.1, 0.15) is 0 Å². The van der Waals surface area contributed by atoms with Gasteiger partial charge in [-0.25, -0.2) is 0 Å². The molecule has 154 valence electrons. The molecule has 0 saturated heterocycles. The second-order valence-electron chi connectivity index (χ2n) is 6.64. The maximum atomic E-state index is 12.4. The monoisotopic (exact) mass is 440 g/mol. The molecule has 1 heterocycles. The van der Waals surface area contributed by atoms with Gasteiger partial charge in [0.05, 0.1) is 5.75 Å². The number of carbonyl (C=O) groups excluding carboxylic acids is 2. The van der Waals surface area contributed by atoms with Crippen LogP contribution in [0.3, 0.4) is 0 Å². The van der Waals surface area contributed by atoms with E-state index in [2.05, 4.69) is 22.1 Å². The van der Waals surface area contributed by atoms with Crippen LogP contribution in [0.15, 0.2) is 60.3 Å². The first-order valence-corrected chi connectivity index (χ1v) is 10.6. The molecule has 30 heavy (non-hydrogen) atoms. The standard InChI is InChI=1S/C22H21ClN4O2S/c1-4-10-27-21(17-9-8-14(2)19(23)12-17)25-26-22(27)30-13-20(29)24-18-7-5-6-16(11-18)15(3)28/h4-9,11-12H,1,10,13H2,2-3H3,(H,24,29). The number of carbonyl (C=O) groups is 2. The van der Waals surface area contributed by atoms with Crippen LogP contribution in [0.1, 0.15) is 22.8 Å². The summed E-state index contributed by atoms with van der Waals surface area (Å²) in [6, 6.07) is 12.6. The Hall–Kier alpha value is -2.90. The maximum Gasteiger partial charge on any atom is 0.234 e. The normalized spacial score (nSPS) is 10.6. The third kappa shape index (κ3) is 5.17. The van der Waals surface area contributed by atoms with Crippen LogP contribution in [0.4, 0.5) is 5.69 Å². The Morgan fingerprint density at radius 3 is 2.73 bits per heavy atom. The van der Waals surface area contributed by atoms with Gasteiger partial charge in [0, 0.05) is 28.4 Å². The molecule has 1 N–H and O–H groups in total. The molecular weight excluding hydrogens is 420 g/mol. The molecule has 0 unspecified atom stereocenters. The molecule has 1 amide bonds. The van der Waals surface area contributed by atoms with Crippen molar-refractivity contribution in [3.05, 3.63) is 71.3 Å². The van der Waals surface area contributed by atoms with Gasteiger partial charge in [-0.05, 0) is 37.6 Å². The third-order valence-corrected chi connectivity index (χ3v) is 5.72. The number of halogens is 1. The molecule has 3 rings (SSSR count). The zero-order valence-electron chi connectivity index (χ0n) is 16.7. The van der Waals surface area contributed by atoms with E-state index in [1.807, 2.05) is 29.7 Å². The number of ketones is 1. The Morgan fingerprint density at radius 2 is 2.03 bits per heavy atom. The van der Waals surface area contributed by atoms with Gasteiger partial charge in [-0.3, -0.25) is 14.2 Å². The number of nitrogens with one attached hydrogen (secondary N) is 1. The molecule has 0 aliphatic carbocycles. The summed E-state index contributed by atoms with van der Waals surface area (Å²) in [4.78, 5) is 23.9. The smallest absolute Gasteiger partial charge is 0.234 e. The number of hydrogen-bond acceptors (Lipinski definition) is 5. The van der Waals surface area contributed by atoms with Crippen molar-refractivity contribution in [1.29, 1.82) is 0 Å². The van der Waals surface area contributed by atoms with Gasteiger partial charge in [-0.15, -0.1) is 16.8 Å². The van der Waals surface area contributed by atoms with E-state index in [4.69, 9.17) is 11.6 Å². The minimum absolute atomic E-state index is 0.0539. The van der Waals surface area contributed by atoms with Crippen LogP contribution in [0.5, 0.6) is 0 Å². The predicted molar refractivity (Wildman–Crippen MR) is 121 cm³/mol. The maximum absolute atomic E-state index is 12.4. The summed E-state index contributed by atoms with van der Waals surface area (Å²) in [6.07, 6.45) is 1.75. The molecule has 0 atom stereocenters. The minimum Gasteiger partial charge on any atom is -0.325 e. The average Bonchev–Trinajstić information content (AvgIpc) is 3.11. The molecule has 8 heteroatoms. The number of anilines is 1. The van der Waals surface area contributed by atoms with Crippen LogP contribution >= 0.6 is 23.4 Å². The number of allylic oxidation sites excluding steroid dienone is 1. The van der Waals surface area contributed by atoms with Gasteiger partial charge in [0.2, 0.25) is 5.91 Å². The van der Waals surface area contributed by atoms with E-state index in [1.54, 1.807) is 30.3 Å². The zero-order valence-corrected chi connectivity index (χ0v) is 18.3. The van der Waals surface area contributed by atoms with E-state index in [0.29, 0.717) is 33.8 Å². The highest BCUT2D eigenvalue weighted by atomic mass is 35.5. The Kier molecular flexibility index (Phi) is 7.07. The average molecular weight is 441 g/mol. The fraction of sp³-hybridized carbons (Fsp3) is 0.182. The SMILES string of the molecule is C=CCn1c(SCC(=O)Nc2cccc(C(C)=O)c2)nnc1-c1ccc(C)c(Cl)c1. The lowest BCUT2D eigenvalue weighted by atomic mass is 10.1. The molecule has 0 fully saturated rings. The number of aryl methyl sites for hydroxylation is 1. The summed E-state index contributed by atoms with van der Waals surface area (Å²) in [7, 11) is 0. The fourth-order valence-electron chi connectivity index (χ4n) is 2.78. The van der Waals surface area contributed by atoms with Crippen LogP contribution in [0.2, 0.25) is 5.02 Å². The summed E-state index contributed by atoms with van der Waals surface area (Å²) in [6.45, 7) is 7.72. The van der Waals surface area contributed by atoms with Crippen molar-refractivity contribution in [2.45, 2.75) is 25.5 Å². The molecule has 0 radical (unpaired) electrons. The van der Waals surface area contributed by atoms with Gasteiger partial charge >= 0.3 is 0 Å². The molecule has 0 aliphatic rings. The van der Waals surface area contributed by atoms with Crippen molar-refractivity contribution in [1.82, 2.24) is 14.8 Å². The third-order valence-electron chi connectivity index (χ3n) is 4.34. The number of benzene rings is 2. The number of thioether (sulfide) groups is 1. The lowest BCUT2D eigenvalue weighted by molar-refractivity contribution is -0.113. The highest BCUT2D eigenvalue weighted by Crippen LogP contribution is 2.27. The van der Waals surface area contributed by atoms with E-state index in [-0.39, 0.29) is 17.4 Å². The second-order valence-corrected chi connectivity index (χ2v) is 7.99. The molecule has 0 aliphatic heterocycles. The summed E-state index contributed by atoms with van der Waals surface area (Å²) < 4.78 is 1.89. The molecule has 3 aromatic rings. The first kappa shape index (κ1) is 21.8. The predicted octanol–water partition coefficient (Wildman–Crippen LogP) is 5.03. The second kappa shape index (κ2) is 9.73. The van der Waals surface area contributed by atoms with Crippen molar-refractivity contribution in [2.75, 3.05) is 11.1 Å². The Balaban J connectivity index is 1.73. The quantitative estimate of drug-likeness (QED) is 0.302. The van der Waals surface area contributed by atoms with Crippen molar-refractivity contribution in [2.24, 2.45) is 0 Å². The van der Waals surface area contributed by atoms with E-state index in [1.165, 1.54) is 18.7 Å². The molecule has 2 aromatic carbocycles. The first-order chi connectivity index (χ1) is 14.4. The van der Waals surface area contributed by atoms with E-state index in [0.717, 1.165) is 11.1 Å². The van der Waals surface area contributed by atoms with E-state index >= 15 is 0 Å². The summed E-state index contributed by atoms with van der Waals surface area (Å²) in [5.41, 5.74) is 2.95. The Bertz CT molecular complexity index is 1110. The molecular formula is C22H21ClN4O2S. The lowest BCUT2D eigenvalue weighted by Crippen LogP contribution is -2.15. The largest absolute Gasteiger partial charge is 0.325 e. The Labute approximate surface area is 184 Å². The van der Waals surface area contributed by atoms with Gasteiger partial charge in [-0.2, -0.15) is 0 Å². The van der Waals surface area contributed by atoms with Gasteiger partial charge < -0.3 is 5.32 Å². The van der Waals surface area contributed by atoms with Crippen LogP contribution in [0, 0.1) is 6.92 Å². The molecule has 1 aromatic heterocycles. The molecule has 0 spiro atoms. The number of rotatable bonds is 8. The van der Waals surface area contributed by atoms with Gasteiger partial charge in [0.15, 0.2) is 16.8 Å². The molecule has 0 bridgehead atoms. The highest BCUT2D eigenvalue weighted by Gasteiger charge is 2.16. The highest BCUT2D eigenvalue weighted by molar-refractivity contribution is 7.99. The van der Waals surface area contributed by atoms with Gasteiger partial charge in [-0.1, -0.05) is 53.7 Å². The molecule has 6 nitrogen and oxygen atoms in total. The van der Waals surface area contributed by atoms with Crippen molar-refractivity contribution in [3.63, 3.8) is 0 Å².